The molecule has 0 aromatic heterocycles. The number of carbonyl (C=O) groups is 1. The Balaban J connectivity index is 2.89. The fraction of sp³-hybridized carbons (Fsp3) is 0.533. The molecule has 0 spiro atoms. The van der Waals surface area contributed by atoms with Crippen molar-refractivity contribution in [2.24, 2.45) is 0 Å². The molecule has 1 atom stereocenters. The first-order valence-electron chi connectivity index (χ1n) is 6.40. The second kappa shape index (κ2) is 7.23. The number of ketones is 1. The Hall–Kier alpha value is -1.15. The second-order valence-electron chi connectivity index (χ2n) is 4.32. The summed E-state index contributed by atoms with van der Waals surface area (Å²) in [5.74, 6) is 0.190. The van der Waals surface area contributed by atoms with Gasteiger partial charge in [-0.05, 0) is 30.9 Å². The third kappa shape index (κ3) is 3.97. The molecule has 0 saturated heterocycles. The van der Waals surface area contributed by atoms with Gasteiger partial charge in [0.05, 0.1) is 0 Å². The molecule has 0 radical (unpaired) electrons. The van der Waals surface area contributed by atoms with Crippen LogP contribution in [0.4, 0.5) is 0 Å². The summed E-state index contributed by atoms with van der Waals surface area (Å²) in [7, 11) is 0. The highest BCUT2D eigenvalue weighted by Gasteiger charge is 2.21. The fourth-order valence-electron chi connectivity index (χ4n) is 1.85. The van der Waals surface area contributed by atoms with E-state index in [2.05, 4.69) is 6.92 Å². The number of ether oxygens (including phenoxy) is 1. The van der Waals surface area contributed by atoms with E-state index in [1.807, 2.05) is 38.1 Å². The zero-order valence-corrected chi connectivity index (χ0v) is 11.0. The van der Waals surface area contributed by atoms with E-state index < -0.39 is 0 Å². The Morgan fingerprint density at radius 1 is 1.24 bits per heavy atom. The van der Waals surface area contributed by atoms with Gasteiger partial charge in [0.1, 0.15) is 6.10 Å². The first-order valence-corrected chi connectivity index (χ1v) is 6.40. The number of hydrogen-bond donors (Lipinski definition) is 0. The molecule has 0 aliphatic carbocycles. The van der Waals surface area contributed by atoms with Gasteiger partial charge in [0.15, 0.2) is 5.78 Å². The van der Waals surface area contributed by atoms with Crippen LogP contribution in [0.15, 0.2) is 24.3 Å². The van der Waals surface area contributed by atoms with Crippen molar-refractivity contribution in [3.8, 4) is 0 Å². The van der Waals surface area contributed by atoms with Gasteiger partial charge in [0.2, 0.25) is 0 Å². The van der Waals surface area contributed by atoms with Crippen LogP contribution in [-0.4, -0.2) is 12.4 Å². The van der Waals surface area contributed by atoms with E-state index in [0.717, 1.165) is 24.0 Å². The van der Waals surface area contributed by atoms with Crippen LogP contribution in [0.3, 0.4) is 0 Å². The van der Waals surface area contributed by atoms with Gasteiger partial charge >= 0.3 is 0 Å². The van der Waals surface area contributed by atoms with Gasteiger partial charge in [-0.2, -0.15) is 0 Å². The van der Waals surface area contributed by atoms with Crippen molar-refractivity contribution < 1.29 is 9.53 Å². The molecule has 2 nitrogen and oxygen atoms in total. The first-order chi connectivity index (χ1) is 8.20. The minimum absolute atomic E-state index is 0.190. The average Bonchev–Trinajstić information content (AvgIpc) is 2.32. The molecule has 1 aromatic rings. The van der Waals surface area contributed by atoms with Crippen molar-refractivity contribution in [2.75, 3.05) is 6.61 Å². The van der Waals surface area contributed by atoms with E-state index in [1.165, 1.54) is 0 Å². The number of rotatable bonds is 7. The Bertz CT molecular complexity index is 358. The van der Waals surface area contributed by atoms with Crippen LogP contribution in [0.25, 0.3) is 0 Å². The number of Topliss-reactive ketones (excluding diaryl/α,β-unsaturated/α-hetero) is 1. The van der Waals surface area contributed by atoms with Crippen LogP contribution in [0.1, 0.15) is 50.3 Å². The third-order valence-electron chi connectivity index (χ3n) is 2.75. The SMILES string of the molecule is CCCOC(C(=O)CCC)c1ccccc1C. The molecule has 1 rings (SSSR count). The number of aryl methyl sites for hydroxylation is 1. The topological polar surface area (TPSA) is 26.3 Å². The monoisotopic (exact) mass is 234 g/mol. The van der Waals surface area contributed by atoms with Crippen molar-refractivity contribution in [3.05, 3.63) is 35.4 Å². The number of carbonyl (C=O) groups excluding carboxylic acids is 1. The van der Waals surface area contributed by atoms with Gasteiger partial charge in [0, 0.05) is 13.0 Å². The molecule has 0 N–H and O–H groups in total. The highest BCUT2D eigenvalue weighted by Crippen LogP contribution is 2.24. The highest BCUT2D eigenvalue weighted by atomic mass is 16.5. The molecule has 1 unspecified atom stereocenters. The number of hydrogen-bond acceptors (Lipinski definition) is 2. The molecular formula is C15H22O2. The van der Waals surface area contributed by atoms with Crippen LogP contribution >= 0.6 is 0 Å². The summed E-state index contributed by atoms with van der Waals surface area (Å²) in [6.45, 7) is 6.73. The molecule has 17 heavy (non-hydrogen) atoms. The summed E-state index contributed by atoms with van der Waals surface area (Å²) in [5, 5.41) is 0. The summed E-state index contributed by atoms with van der Waals surface area (Å²) in [5.41, 5.74) is 2.14. The maximum absolute atomic E-state index is 12.1. The van der Waals surface area contributed by atoms with E-state index in [-0.39, 0.29) is 11.9 Å². The molecule has 2 heteroatoms. The molecule has 0 aliphatic heterocycles. The Morgan fingerprint density at radius 2 is 1.94 bits per heavy atom. The van der Waals surface area contributed by atoms with Gasteiger partial charge < -0.3 is 4.74 Å². The third-order valence-corrected chi connectivity index (χ3v) is 2.75. The highest BCUT2D eigenvalue weighted by molar-refractivity contribution is 5.84. The normalized spacial score (nSPS) is 12.4. The van der Waals surface area contributed by atoms with E-state index >= 15 is 0 Å². The van der Waals surface area contributed by atoms with E-state index in [1.54, 1.807) is 0 Å². The van der Waals surface area contributed by atoms with Crippen molar-refractivity contribution in [1.82, 2.24) is 0 Å². The van der Waals surface area contributed by atoms with E-state index in [0.29, 0.717) is 13.0 Å². The summed E-state index contributed by atoms with van der Waals surface area (Å²) < 4.78 is 5.72. The van der Waals surface area contributed by atoms with Gasteiger partial charge in [0.25, 0.3) is 0 Å². The van der Waals surface area contributed by atoms with E-state index in [4.69, 9.17) is 4.74 Å². The molecule has 0 heterocycles. The smallest absolute Gasteiger partial charge is 0.166 e. The largest absolute Gasteiger partial charge is 0.366 e. The lowest BCUT2D eigenvalue weighted by Crippen LogP contribution is -2.17. The lowest BCUT2D eigenvalue weighted by atomic mass is 9.98. The summed E-state index contributed by atoms with van der Waals surface area (Å²) >= 11 is 0. The van der Waals surface area contributed by atoms with Crippen molar-refractivity contribution in [1.29, 1.82) is 0 Å². The molecule has 1 aromatic carbocycles. The minimum Gasteiger partial charge on any atom is -0.366 e. The fourth-order valence-corrected chi connectivity index (χ4v) is 1.85. The lowest BCUT2D eigenvalue weighted by Gasteiger charge is -2.18. The second-order valence-corrected chi connectivity index (χ2v) is 4.32. The Labute approximate surface area is 104 Å². The van der Waals surface area contributed by atoms with Gasteiger partial charge in [-0.3, -0.25) is 4.79 Å². The van der Waals surface area contributed by atoms with Crippen molar-refractivity contribution in [2.45, 2.75) is 46.1 Å². The zero-order valence-electron chi connectivity index (χ0n) is 11.0. The summed E-state index contributed by atoms with van der Waals surface area (Å²) in [6, 6.07) is 7.96. The number of benzene rings is 1. The lowest BCUT2D eigenvalue weighted by molar-refractivity contribution is -0.131. The standard InChI is InChI=1S/C15H22O2/c1-4-8-14(16)15(17-11-5-2)13-10-7-6-9-12(13)3/h6-7,9-10,15H,4-5,8,11H2,1-3H3. The predicted molar refractivity (Wildman–Crippen MR) is 70.1 cm³/mol. The van der Waals surface area contributed by atoms with Crippen molar-refractivity contribution in [3.63, 3.8) is 0 Å². The van der Waals surface area contributed by atoms with Gasteiger partial charge in [-0.1, -0.05) is 38.1 Å². The van der Waals surface area contributed by atoms with E-state index in [9.17, 15) is 4.79 Å². The predicted octanol–water partition coefficient (Wildman–Crippen LogP) is 3.83. The Kier molecular flexibility index (Phi) is 5.92. The summed E-state index contributed by atoms with van der Waals surface area (Å²) in [6.07, 6.45) is 2.01. The maximum atomic E-state index is 12.1. The van der Waals surface area contributed by atoms with Crippen molar-refractivity contribution >= 4 is 5.78 Å². The molecule has 0 fully saturated rings. The average molecular weight is 234 g/mol. The quantitative estimate of drug-likeness (QED) is 0.716. The molecule has 0 aliphatic rings. The molecular weight excluding hydrogens is 212 g/mol. The molecule has 0 saturated carbocycles. The van der Waals surface area contributed by atoms with Gasteiger partial charge in [-0.15, -0.1) is 0 Å². The molecule has 0 bridgehead atoms. The van der Waals surface area contributed by atoms with Crippen LogP contribution in [-0.2, 0) is 9.53 Å². The molecule has 94 valence electrons. The van der Waals surface area contributed by atoms with Crippen LogP contribution in [0.5, 0.6) is 0 Å². The summed E-state index contributed by atoms with van der Waals surface area (Å²) in [4.78, 5) is 12.1. The Morgan fingerprint density at radius 3 is 2.53 bits per heavy atom. The van der Waals surface area contributed by atoms with Crippen LogP contribution in [0.2, 0.25) is 0 Å². The zero-order chi connectivity index (χ0) is 12.7. The van der Waals surface area contributed by atoms with Gasteiger partial charge in [-0.25, -0.2) is 0 Å². The molecule has 0 amide bonds. The first kappa shape index (κ1) is 13.9. The van der Waals surface area contributed by atoms with Crippen LogP contribution < -0.4 is 0 Å². The van der Waals surface area contributed by atoms with Crippen LogP contribution in [0, 0.1) is 6.92 Å². The maximum Gasteiger partial charge on any atom is 0.166 e. The minimum atomic E-state index is -0.379.